The van der Waals surface area contributed by atoms with Crippen molar-refractivity contribution in [3.05, 3.63) is 45.8 Å². The Balaban J connectivity index is 2.11. The van der Waals surface area contributed by atoms with Gasteiger partial charge in [-0.15, -0.1) is 6.42 Å². The second-order valence-corrected chi connectivity index (χ2v) is 5.12. The summed E-state index contributed by atoms with van der Waals surface area (Å²) in [5, 5.41) is 10.8. The lowest BCUT2D eigenvalue weighted by molar-refractivity contribution is 0.371. The van der Waals surface area contributed by atoms with Gasteiger partial charge in [0.25, 0.3) is 0 Å². The third kappa shape index (κ3) is 2.55. The fraction of sp³-hybridized carbons (Fsp3) is 0.167. The number of hydrogen-bond acceptors (Lipinski definition) is 5. The second kappa shape index (κ2) is 5.58. The van der Waals surface area contributed by atoms with Crippen LogP contribution in [-0.2, 0) is 0 Å². The number of aromatic hydroxyl groups is 1. The van der Waals surface area contributed by atoms with Crippen molar-refractivity contribution in [1.29, 1.82) is 0 Å². The monoisotopic (exact) mass is 310 g/mol. The lowest BCUT2D eigenvalue weighted by atomic mass is 10.1. The molecule has 5 nitrogen and oxygen atoms in total. The summed E-state index contributed by atoms with van der Waals surface area (Å²) < 4.78 is 16.3. The Bertz CT molecular complexity index is 985. The van der Waals surface area contributed by atoms with Crippen molar-refractivity contribution in [2.45, 2.75) is 13.8 Å². The number of terminal acetylenes is 1. The third-order valence-corrected chi connectivity index (χ3v) is 3.59. The van der Waals surface area contributed by atoms with Gasteiger partial charge in [-0.25, -0.2) is 4.79 Å². The molecule has 2 heterocycles. The first-order valence-corrected chi connectivity index (χ1v) is 6.94. The van der Waals surface area contributed by atoms with E-state index in [0.29, 0.717) is 22.7 Å². The van der Waals surface area contributed by atoms with Crippen LogP contribution in [-0.4, -0.2) is 11.7 Å². The number of ether oxygens (including phenoxy) is 1. The van der Waals surface area contributed by atoms with Gasteiger partial charge in [-0.1, -0.05) is 5.92 Å². The minimum atomic E-state index is -0.596. The van der Waals surface area contributed by atoms with Crippen molar-refractivity contribution in [2.24, 2.45) is 0 Å². The van der Waals surface area contributed by atoms with Gasteiger partial charge in [-0.3, -0.25) is 0 Å². The molecule has 0 saturated heterocycles. The number of benzene rings is 1. The van der Waals surface area contributed by atoms with Crippen molar-refractivity contribution in [3.8, 4) is 35.4 Å². The summed E-state index contributed by atoms with van der Waals surface area (Å²) in [4.78, 5) is 11.8. The molecule has 116 valence electrons. The van der Waals surface area contributed by atoms with Crippen molar-refractivity contribution < 1.29 is 18.7 Å². The van der Waals surface area contributed by atoms with Crippen LogP contribution in [0, 0.1) is 26.2 Å². The highest BCUT2D eigenvalue weighted by Gasteiger charge is 2.18. The van der Waals surface area contributed by atoms with Crippen molar-refractivity contribution in [3.63, 3.8) is 0 Å². The molecule has 0 atom stereocenters. The van der Waals surface area contributed by atoms with Gasteiger partial charge in [-0.2, -0.15) is 0 Å². The molecule has 0 amide bonds. The Morgan fingerprint density at radius 1 is 1.22 bits per heavy atom. The average molecular weight is 310 g/mol. The molecule has 5 heteroatoms. The lowest BCUT2D eigenvalue weighted by Crippen LogP contribution is -2.05. The SMILES string of the molecule is C#CCOc1ccc2oc(-c3oc(=O)c(C)c(O)c3C)cc2c1. The molecule has 0 saturated carbocycles. The first-order valence-electron chi connectivity index (χ1n) is 6.94. The van der Waals surface area contributed by atoms with Crippen molar-refractivity contribution >= 4 is 11.0 Å². The largest absolute Gasteiger partial charge is 0.507 e. The third-order valence-electron chi connectivity index (χ3n) is 3.59. The minimum absolute atomic E-state index is 0.0882. The van der Waals surface area contributed by atoms with E-state index in [1.807, 2.05) is 0 Å². The van der Waals surface area contributed by atoms with Crippen LogP contribution < -0.4 is 10.4 Å². The maximum absolute atomic E-state index is 11.8. The molecule has 0 unspecified atom stereocenters. The number of fused-ring (bicyclic) bond motifs is 1. The van der Waals surface area contributed by atoms with Gasteiger partial charge < -0.3 is 18.7 Å². The van der Waals surface area contributed by atoms with Gasteiger partial charge in [0.15, 0.2) is 11.5 Å². The number of hydrogen-bond donors (Lipinski definition) is 1. The van der Waals surface area contributed by atoms with Gasteiger partial charge in [0.05, 0.1) is 5.56 Å². The molecule has 0 bridgehead atoms. The fourth-order valence-corrected chi connectivity index (χ4v) is 2.31. The summed E-state index contributed by atoms with van der Waals surface area (Å²) >= 11 is 0. The molecule has 0 aliphatic carbocycles. The molecule has 0 aliphatic rings. The van der Waals surface area contributed by atoms with Crippen molar-refractivity contribution in [2.75, 3.05) is 6.61 Å². The Labute approximate surface area is 132 Å². The normalized spacial score (nSPS) is 10.7. The highest BCUT2D eigenvalue weighted by Crippen LogP contribution is 2.34. The summed E-state index contributed by atoms with van der Waals surface area (Å²) in [5.41, 5.74) is 0.633. The van der Waals surface area contributed by atoms with Crippen LogP contribution in [0.15, 0.2) is 37.9 Å². The quantitative estimate of drug-likeness (QED) is 0.751. The van der Waals surface area contributed by atoms with Gasteiger partial charge in [0, 0.05) is 10.9 Å². The molecule has 1 aromatic carbocycles. The smallest absolute Gasteiger partial charge is 0.343 e. The molecule has 3 rings (SSSR count). The summed E-state index contributed by atoms with van der Waals surface area (Å²) in [7, 11) is 0. The zero-order valence-electron chi connectivity index (χ0n) is 12.7. The molecular weight excluding hydrogens is 296 g/mol. The Morgan fingerprint density at radius 2 is 2.00 bits per heavy atom. The molecule has 3 aromatic rings. The maximum Gasteiger partial charge on any atom is 0.343 e. The Kier molecular flexibility index (Phi) is 3.59. The van der Waals surface area contributed by atoms with Crippen LogP contribution in [0.4, 0.5) is 0 Å². The minimum Gasteiger partial charge on any atom is -0.507 e. The fourth-order valence-electron chi connectivity index (χ4n) is 2.31. The summed E-state index contributed by atoms with van der Waals surface area (Å²) in [6.07, 6.45) is 5.17. The highest BCUT2D eigenvalue weighted by atomic mass is 16.5. The van der Waals surface area contributed by atoms with Gasteiger partial charge >= 0.3 is 5.63 Å². The van der Waals surface area contributed by atoms with E-state index in [1.165, 1.54) is 6.92 Å². The molecule has 0 spiro atoms. The molecule has 0 aliphatic heterocycles. The molecule has 2 aromatic heterocycles. The van der Waals surface area contributed by atoms with E-state index in [0.717, 1.165) is 5.39 Å². The summed E-state index contributed by atoms with van der Waals surface area (Å²) in [6, 6.07) is 6.98. The van der Waals surface area contributed by atoms with Gasteiger partial charge in [0.1, 0.15) is 23.7 Å². The highest BCUT2D eigenvalue weighted by molar-refractivity contribution is 5.84. The van der Waals surface area contributed by atoms with Crippen LogP contribution in [0.3, 0.4) is 0 Å². The van der Waals surface area contributed by atoms with E-state index < -0.39 is 5.63 Å². The van der Waals surface area contributed by atoms with E-state index in [4.69, 9.17) is 20.0 Å². The Hall–Kier alpha value is -3.13. The number of rotatable bonds is 3. The molecule has 0 radical (unpaired) electrons. The average Bonchev–Trinajstić information content (AvgIpc) is 2.97. The topological polar surface area (TPSA) is 72.8 Å². The van der Waals surface area contributed by atoms with Crippen LogP contribution >= 0.6 is 0 Å². The predicted octanol–water partition coefficient (Wildman–Crippen LogP) is 3.39. The molecule has 23 heavy (non-hydrogen) atoms. The van der Waals surface area contributed by atoms with E-state index in [-0.39, 0.29) is 23.7 Å². The van der Waals surface area contributed by atoms with E-state index in [2.05, 4.69) is 5.92 Å². The second-order valence-electron chi connectivity index (χ2n) is 5.12. The number of furan rings is 1. The first-order chi connectivity index (χ1) is 11.0. The molecule has 1 N–H and O–H groups in total. The molecule has 0 fully saturated rings. The van der Waals surface area contributed by atoms with Gasteiger partial charge in [0.2, 0.25) is 0 Å². The van der Waals surface area contributed by atoms with E-state index in [1.54, 1.807) is 31.2 Å². The zero-order chi connectivity index (χ0) is 16.6. The van der Waals surface area contributed by atoms with Crippen LogP contribution in [0.5, 0.6) is 11.5 Å². The molecular formula is C18H14O5. The van der Waals surface area contributed by atoms with Crippen LogP contribution in [0.1, 0.15) is 11.1 Å². The van der Waals surface area contributed by atoms with Crippen molar-refractivity contribution in [1.82, 2.24) is 0 Å². The zero-order valence-corrected chi connectivity index (χ0v) is 12.7. The standard InChI is InChI=1S/C18H14O5/c1-4-7-21-13-5-6-14-12(8-13)9-15(22-14)17-10(2)16(19)11(3)18(20)23-17/h1,5-6,8-9,19H,7H2,2-3H3. The van der Waals surface area contributed by atoms with E-state index in [9.17, 15) is 9.90 Å². The van der Waals surface area contributed by atoms with E-state index >= 15 is 0 Å². The maximum atomic E-state index is 11.8. The van der Waals surface area contributed by atoms with Gasteiger partial charge in [-0.05, 0) is 38.1 Å². The summed E-state index contributed by atoms with van der Waals surface area (Å²) in [6.45, 7) is 3.34. The summed E-state index contributed by atoms with van der Waals surface area (Å²) in [5.74, 6) is 3.50. The lowest BCUT2D eigenvalue weighted by Gasteiger charge is -2.05. The predicted molar refractivity (Wildman–Crippen MR) is 85.7 cm³/mol. The van der Waals surface area contributed by atoms with Crippen LogP contribution in [0.25, 0.3) is 22.5 Å². The Morgan fingerprint density at radius 3 is 2.74 bits per heavy atom. The van der Waals surface area contributed by atoms with Crippen LogP contribution in [0.2, 0.25) is 0 Å². The first kappa shape index (κ1) is 14.8.